The Balaban J connectivity index is 2.78. The second-order valence-electron chi connectivity index (χ2n) is 6.52. The van der Waals surface area contributed by atoms with Crippen molar-refractivity contribution in [1.82, 2.24) is 0 Å². The zero-order chi connectivity index (χ0) is 16.4. The van der Waals surface area contributed by atoms with E-state index in [-0.39, 0.29) is 5.60 Å². The standard InChI is InChI=1S/C20H26O2/c1-19(2,21-5)17-14-10-13-16(15-11-8-7-9-12-15)18(17)20(3,4)22-6/h7-14H,1-6H3. The van der Waals surface area contributed by atoms with Gasteiger partial charge < -0.3 is 9.47 Å². The first-order valence-electron chi connectivity index (χ1n) is 7.63. The van der Waals surface area contributed by atoms with Crippen LogP contribution in [-0.4, -0.2) is 14.2 Å². The van der Waals surface area contributed by atoms with E-state index in [4.69, 9.17) is 9.47 Å². The third kappa shape index (κ3) is 3.08. The molecule has 2 rings (SSSR count). The monoisotopic (exact) mass is 298 g/mol. The van der Waals surface area contributed by atoms with Crippen molar-refractivity contribution in [3.05, 3.63) is 59.7 Å². The highest BCUT2D eigenvalue weighted by Gasteiger charge is 2.33. The van der Waals surface area contributed by atoms with Gasteiger partial charge in [-0.2, -0.15) is 0 Å². The van der Waals surface area contributed by atoms with Crippen LogP contribution in [0.15, 0.2) is 48.5 Å². The molecule has 0 saturated carbocycles. The van der Waals surface area contributed by atoms with E-state index in [0.717, 1.165) is 5.56 Å². The van der Waals surface area contributed by atoms with Gasteiger partial charge in [0.1, 0.15) is 0 Å². The molecule has 0 aliphatic rings. The molecular weight excluding hydrogens is 272 g/mol. The maximum absolute atomic E-state index is 5.81. The van der Waals surface area contributed by atoms with E-state index >= 15 is 0 Å². The Labute approximate surface area is 134 Å². The maximum atomic E-state index is 5.81. The molecule has 2 aromatic carbocycles. The van der Waals surface area contributed by atoms with Crippen LogP contribution < -0.4 is 0 Å². The van der Waals surface area contributed by atoms with Gasteiger partial charge in [-0.3, -0.25) is 0 Å². The van der Waals surface area contributed by atoms with Crippen LogP contribution >= 0.6 is 0 Å². The summed E-state index contributed by atoms with van der Waals surface area (Å²) in [4.78, 5) is 0. The maximum Gasteiger partial charge on any atom is 0.0881 e. The fraction of sp³-hybridized carbons (Fsp3) is 0.400. The Morgan fingerprint density at radius 1 is 0.682 bits per heavy atom. The summed E-state index contributed by atoms with van der Waals surface area (Å²) in [5.74, 6) is 0. The van der Waals surface area contributed by atoms with Gasteiger partial charge in [0.2, 0.25) is 0 Å². The lowest BCUT2D eigenvalue weighted by Gasteiger charge is -2.35. The zero-order valence-electron chi connectivity index (χ0n) is 14.4. The van der Waals surface area contributed by atoms with Gasteiger partial charge in [-0.1, -0.05) is 48.5 Å². The molecule has 0 aliphatic heterocycles. The molecule has 0 atom stereocenters. The molecule has 0 unspecified atom stereocenters. The van der Waals surface area contributed by atoms with Crippen LogP contribution in [0.3, 0.4) is 0 Å². The number of methoxy groups -OCH3 is 2. The van der Waals surface area contributed by atoms with E-state index in [1.54, 1.807) is 14.2 Å². The third-order valence-corrected chi connectivity index (χ3v) is 4.42. The SMILES string of the molecule is COC(C)(C)c1cccc(-c2ccccc2)c1C(C)(C)OC. The largest absolute Gasteiger partial charge is 0.374 e. The highest BCUT2D eigenvalue weighted by molar-refractivity contribution is 5.70. The molecule has 0 spiro atoms. The molecule has 0 saturated heterocycles. The van der Waals surface area contributed by atoms with Crippen molar-refractivity contribution in [2.45, 2.75) is 38.9 Å². The van der Waals surface area contributed by atoms with Gasteiger partial charge in [0.15, 0.2) is 0 Å². The lowest BCUT2D eigenvalue weighted by atomic mass is 9.80. The van der Waals surface area contributed by atoms with E-state index in [0.29, 0.717) is 0 Å². The van der Waals surface area contributed by atoms with Gasteiger partial charge in [-0.05, 0) is 49.9 Å². The van der Waals surface area contributed by atoms with Crippen molar-refractivity contribution < 1.29 is 9.47 Å². The molecule has 0 aromatic heterocycles. The number of benzene rings is 2. The first-order valence-corrected chi connectivity index (χ1v) is 7.63. The first-order chi connectivity index (χ1) is 10.3. The number of hydrogen-bond donors (Lipinski definition) is 0. The Kier molecular flexibility index (Phi) is 4.74. The molecule has 0 heterocycles. The predicted octanol–water partition coefficient (Wildman–Crippen LogP) is 5.12. The van der Waals surface area contributed by atoms with Gasteiger partial charge in [-0.15, -0.1) is 0 Å². The van der Waals surface area contributed by atoms with E-state index in [1.807, 2.05) is 6.07 Å². The summed E-state index contributed by atoms with van der Waals surface area (Å²) >= 11 is 0. The van der Waals surface area contributed by atoms with Crippen LogP contribution in [0.5, 0.6) is 0 Å². The molecule has 0 aliphatic carbocycles. The minimum atomic E-state index is -0.405. The second-order valence-corrected chi connectivity index (χ2v) is 6.52. The molecule has 2 aromatic rings. The Bertz CT molecular complexity index is 627. The third-order valence-electron chi connectivity index (χ3n) is 4.42. The normalized spacial score (nSPS) is 12.5. The van der Waals surface area contributed by atoms with E-state index in [1.165, 1.54) is 16.7 Å². The molecule has 118 valence electrons. The highest BCUT2D eigenvalue weighted by atomic mass is 16.5. The van der Waals surface area contributed by atoms with E-state index in [2.05, 4.69) is 70.2 Å². The average molecular weight is 298 g/mol. The van der Waals surface area contributed by atoms with E-state index < -0.39 is 5.60 Å². The molecule has 0 radical (unpaired) electrons. The number of ether oxygens (including phenoxy) is 2. The van der Waals surface area contributed by atoms with Gasteiger partial charge in [-0.25, -0.2) is 0 Å². The molecule has 2 heteroatoms. The van der Waals surface area contributed by atoms with Gasteiger partial charge in [0.25, 0.3) is 0 Å². The quantitative estimate of drug-likeness (QED) is 0.763. The number of rotatable bonds is 5. The second kappa shape index (κ2) is 6.23. The van der Waals surface area contributed by atoms with Crippen LogP contribution in [0.2, 0.25) is 0 Å². The molecule has 2 nitrogen and oxygen atoms in total. The highest BCUT2D eigenvalue weighted by Crippen LogP contribution is 2.41. The van der Waals surface area contributed by atoms with Crippen molar-refractivity contribution in [2.75, 3.05) is 14.2 Å². The predicted molar refractivity (Wildman–Crippen MR) is 91.9 cm³/mol. The Morgan fingerprint density at radius 2 is 1.27 bits per heavy atom. The molecule has 0 N–H and O–H groups in total. The van der Waals surface area contributed by atoms with E-state index in [9.17, 15) is 0 Å². The van der Waals surface area contributed by atoms with Crippen molar-refractivity contribution in [3.8, 4) is 11.1 Å². The summed E-state index contributed by atoms with van der Waals surface area (Å²) in [5, 5.41) is 0. The molecule has 0 amide bonds. The average Bonchev–Trinajstić information content (AvgIpc) is 2.55. The Hall–Kier alpha value is -1.64. The minimum Gasteiger partial charge on any atom is -0.374 e. The summed E-state index contributed by atoms with van der Waals surface area (Å²) in [6, 6.07) is 16.8. The van der Waals surface area contributed by atoms with Crippen molar-refractivity contribution >= 4 is 0 Å². The topological polar surface area (TPSA) is 18.5 Å². The van der Waals surface area contributed by atoms with Crippen LogP contribution in [0.4, 0.5) is 0 Å². The van der Waals surface area contributed by atoms with Gasteiger partial charge in [0, 0.05) is 14.2 Å². The molecule has 22 heavy (non-hydrogen) atoms. The fourth-order valence-electron chi connectivity index (χ4n) is 2.77. The molecule has 0 fully saturated rings. The fourth-order valence-corrected chi connectivity index (χ4v) is 2.77. The zero-order valence-corrected chi connectivity index (χ0v) is 14.4. The molecule has 0 bridgehead atoms. The summed E-state index contributed by atoms with van der Waals surface area (Å²) in [7, 11) is 3.50. The van der Waals surface area contributed by atoms with Crippen molar-refractivity contribution in [1.29, 1.82) is 0 Å². The summed E-state index contributed by atoms with van der Waals surface area (Å²) in [6.45, 7) is 8.38. The smallest absolute Gasteiger partial charge is 0.0881 e. The molecular formula is C20H26O2. The summed E-state index contributed by atoms with van der Waals surface area (Å²) in [6.07, 6.45) is 0. The summed E-state index contributed by atoms with van der Waals surface area (Å²) in [5.41, 5.74) is 3.93. The lowest BCUT2D eigenvalue weighted by molar-refractivity contribution is -0.00213. The van der Waals surface area contributed by atoms with Crippen LogP contribution in [0, 0.1) is 0 Å². The van der Waals surface area contributed by atoms with Crippen LogP contribution in [-0.2, 0) is 20.7 Å². The van der Waals surface area contributed by atoms with Crippen LogP contribution in [0.1, 0.15) is 38.8 Å². The lowest BCUT2D eigenvalue weighted by Crippen LogP contribution is -2.29. The summed E-state index contributed by atoms with van der Waals surface area (Å²) < 4.78 is 11.6. The van der Waals surface area contributed by atoms with Crippen molar-refractivity contribution in [3.63, 3.8) is 0 Å². The Morgan fingerprint density at radius 3 is 1.82 bits per heavy atom. The van der Waals surface area contributed by atoms with Crippen LogP contribution in [0.25, 0.3) is 11.1 Å². The van der Waals surface area contributed by atoms with Gasteiger partial charge >= 0.3 is 0 Å². The number of hydrogen-bond acceptors (Lipinski definition) is 2. The minimum absolute atomic E-state index is 0.379. The van der Waals surface area contributed by atoms with Crippen molar-refractivity contribution in [2.24, 2.45) is 0 Å². The van der Waals surface area contributed by atoms with Gasteiger partial charge in [0.05, 0.1) is 11.2 Å². The first kappa shape index (κ1) is 16.7.